The molecule has 0 aromatic heterocycles. The highest BCUT2D eigenvalue weighted by atomic mass is 35.5. The second-order valence-corrected chi connectivity index (χ2v) is 9.04. The summed E-state index contributed by atoms with van der Waals surface area (Å²) in [5.74, 6) is -0.0444. The van der Waals surface area contributed by atoms with Crippen molar-refractivity contribution >= 4 is 44.8 Å². The topological polar surface area (TPSA) is 94.2 Å². The van der Waals surface area contributed by atoms with Crippen LogP contribution >= 0.6 is 23.2 Å². The van der Waals surface area contributed by atoms with Crippen LogP contribution in [0.15, 0.2) is 41.3 Å². The third-order valence-electron chi connectivity index (χ3n) is 4.29. The lowest BCUT2D eigenvalue weighted by Crippen LogP contribution is -2.40. The molecule has 0 aliphatic carbocycles. The Kier molecular flexibility index (Phi) is 7.43. The maximum atomic E-state index is 13.0. The largest absolute Gasteiger partial charge is 0.495 e. The lowest BCUT2D eigenvalue weighted by atomic mass is 10.3. The van der Waals surface area contributed by atoms with Crippen molar-refractivity contribution in [3.05, 3.63) is 46.4 Å². The Labute approximate surface area is 184 Å². The van der Waals surface area contributed by atoms with Gasteiger partial charge < -0.3 is 19.5 Å². The van der Waals surface area contributed by atoms with Crippen molar-refractivity contribution in [3.8, 4) is 11.5 Å². The molecule has 2 aromatic carbocycles. The highest BCUT2D eigenvalue weighted by Crippen LogP contribution is 2.30. The smallest absolute Gasteiger partial charge is 0.262 e. The molecule has 0 saturated carbocycles. The number of nitrogens with zero attached hydrogens (tertiary/aromatic N) is 1. The molecule has 11 heteroatoms. The van der Waals surface area contributed by atoms with Gasteiger partial charge in [-0.1, -0.05) is 23.2 Å². The summed E-state index contributed by atoms with van der Waals surface area (Å²) in [5.41, 5.74) is 0.286. The molecule has 1 amide bonds. The first-order valence-corrected chi connectivity index (χ1v) is 11.1. The highest BCUT2D eigenvalue weighted by Gasteiger charge is 2.29. The summed E-state index contributed by atoms with van der Waals surface area (Å²) in [6.45, 7) is 0.799. The van der Waals surface area contributed by atoms with E-state index in [1.54, 1.807) is 18.2 Å². The summed E-state index contributed by atoms with van der Waals surface area (Å²) in [4.78, 5) is 12.2. The maximum absolute atomic E-state index is 13.0. The quantitative estimate of drug-likeness (QED) is 0.662. The summed E-state index contributed by atoms with van der Waals surface area (Å²) < 4.78 is 43.2. The normalized spacial score (nSPS) is 14.9. The van der Waals surface area contributed by atoms with Crippen LogP contribution in [-0.2, 0) is 19.6 Å². The van der Waals surface area contributed by atoms with Gasteiger partial charge in [0.1, 0.15) is 16.4 Å². The van der Waals surface area contributed by atoms with E-state index in [9.17, 15) is 13.2 Å². The number of ether oxygens (including phenoxy) is 3. The van der Waals surface area contributed by atoms with Gasteiger partial charge in [-0.15, -0.1) is 0 Å². The van der Waals surface area contributed by atoms with E-state index in [-0.39, 0.29) is 41.8 Å². The predicted octanol–water partition coefficient (Wildman–Crippen LogP) is 3.04. The third kappa shape index (κ3) is 5.35. The minimum absolute atomic E-state index is 0.0384. The fourth-order valence-electron chi connectivity index (χ4n) is 2.81. The standard InChI is InChI=1S/C19H20Cl2N2O6S/c1-27-16-5-3-14(11-18(16)30(25,26)23-6-8-28-9-7-23)22-19(24)12-29-17-10-13(20)2-4-15(17)21/h2-5,10-11H,6-9,12H2,1H3,(H,22,24). The number of amides is 1. The van der Waals surface area contributed by atoms with Crippen molar-refractivity contribution in [2.24, 2.45) is 0 Å². The molecule has 1 aliphatic rings. The van der Waals surface area contributed by atoms with Gasteiger partial charge in [-0.05, 0) is 30.3 Å². The fraction of sp³-hybridized carbons (Fsp3) is 0.316. The number of hydrogen-bond donors (Lipinski definition) is 1. The number of sulfonamides is 1. The van der Waals surface area contributed by atoms with Crippen molar-refractivity contribution in [2.75, 3.05) is 45.3 Å². The molecule has 0 spiro atoms. The minimum Gasteiger partial charge on any atom is -0.495 e. The minimum atomic E-state index is -3.82. The summed E-state index contributed by atoms with van der Waals surface area (Å²) in [6.07, 6.45) is 0. The summed E-state index contributed by atoms with van der Waals surface area (Å²) in [5, 5.41) is 3.34. The number of benzene rings is 2. The zero-order chi connectivity index (χ0) is 21.7. The van der Waals surface area contributed by atoms with Gasteiger partial charge in [0.05, 0.1) is 25.3 Å². The molecule has 0 bridgehead atoms. The predicted molar refractivity (Wildman–Crippen MR) is 113 cm³/mol. The first kappa shape index (κ1) is 22.6. The molecule has 1 N–H and O–H groups in total. The molecule has 30 heavy (non-hydrogen) atoms. The maximum Gasteiger partial charge on any atom is 0.262 e. The molecule has 1 saturated heterocycles. The molecule has 0 radical (unpaired) electrons. The zero-order valence-electron chi connectivity index (χ0n) is 16.1. The average Bonchev–Trinajstić information content (AvgIpc) is 2.75. The number of nitrogens with one attached hydrogen (secondary N) is 1. The number of carbonyl (C=O) groups is 1. The Morgan fingerprint density at radius 3 is 2.57 bits per heavy atom. The molecular formula is C19H20Cl2N2O6S. The molecule has 162 valence electrons. The lowest BCUT2D eigenvalue weighted by molar-refractivity contribution is -0.118. The van der Waals surface area contributed by atoms with E-state index in [1.807, 2.05) is 0 Å². The SMILES string of the molecule is COc1ccc(NC(=O)COc2cc(Cl)ccc2Cl)cc1S(=O)(=O)N1CCOCC1. The van der Waals surface area contributed by atoms with E-state index in [4.69, 9.17) is 37.4 Å². The van der Waals surface area contributed by atoms with Crippen LogP contribution in [0.2, 0.25) is 10.0 Å². The molecule has 2 aromatic rings. The molecule has 1 heterocycles. The molecule has 3 rings (SSSR count). The van der Waals surface area contributed by atoms with E-state index in [0.29, 0.717) is 23.3 Å². The van der Waals surface area contributed by atoms with Crippen LogP contribution in [0, 0.1) is 0 Å². The van der Waals surface area contributed by atoms with Crippen molar-refractivity contribution in [2.45, 2.75) is 4.90 Å². The van der Waals surface area contributed by atoms with Gasteiger partial charge in [-0.25, -0.2) is 8.42 Å². The van der Waals surface area contributed by atoms with Crippen LogP contribution < -0.4 is 14.8 Å². The Morgan fingerprint density at radius 2 is 1.87 bits per heavy atom. The van der Waals surface area contributed by atoms with Gasteiger partial charge in [0.25, 0.3) is 5.91 Å². The number of methoxy groups -OCH3 is 1. The van der Waals surface area contributed by atoms with E-state index >= 15 is 0 Å². The van der Waals surface area contributed by atoms with Crippen LogP contribution in [0.1, 0.15) is 0 Å². The summed E-state index contributed by atoms with van der Waals surface area (Å²) in [7, 11) is -2.43. The Balaban J connectivity index is 1.74. The number of morpholine rings is 1. The van der Waals surface area contributed by atoms with E-state index < -0.39 is 15.9 Å². The number of anilines is 1. The molecule has 8 nitrogen and oxygen atoms in total. The molecular weight excluding hydrogens is 455 g/mol. The van der Waals surface area contributed by atoms with Crippen LogP contribution in [0.4, 0.5) is 5.69 Å². The van der Waals surface area contributed by atoms with Gasteiger partial charge in [0, 0.05) is 29.9 Å². The Hall–Kier alpha value is -2.04. The van der Waals surface area contributed by atoms with Gasteiger partial charge in [-0.2, -0.15) is 4.31 Å². The molecule has 0 unspecified atom stereocenters. The van der Waals surface area contributed by atoms with Crippen molar-refractivity contribution in [1.82, 2.24) is 4.31 Å². The fourth-order valence-corrected chi connectivity index (χ4v) is 4.73. The monoisotopic (exact) mass is 474 g/mol. The van der Waals surface area contributed by atoms with Crippen molar-refractivity contribution < 1.29 is 27.4 Å². The summed E-state index contributed by atoms with van der Waals surface area (Å²) in [6, 6.07) is 9.04. The van der Waals surface area contributed by atoms with Gasteiger partial charge in [0.15, 0.2) is 6.61 Å². The lowest BCUT2D eigenvalue weighted by Gasteiger charge is -2.26. The van der Waals surface area contributed by atoms with Gasteiger partial charge in [0.2, 0.25) is 10.0 Å². The van der Waals surface area contributed by atoms with Gasteiger partial charge in [-0.3, -0.25) is 4.79 Å². The van der Waals surface area contributed by atoms with Crippen LogP contribution in [0.3, 0.4) is 0 Å². The van der Waals surface area contributed by atoms with E-state index in [2.05, 4.69) is 5.32 Å². The average molecular weight is 475 g/mol. The first-order chi connectivity index (χ1) is 14.3. The molecule has 1 fully saturated rings. The highest BCUT2D eigenvalue weighted by molar-refractivity contribution is 7.89. The second kappa shape index (κ2) is 9.84. The zero-order valence-corrected chi connectivity index (χ0v) is 18.4. The Morgan fingerprint density at radius 1 is 1.13 bits per heavy atom. The van der Waals surface area contributed by atoms with E-state index in [0.717, 1.165) is 0 Å². The number of rotatable bonds is 7. The number of halogens is 2. The van der Waals surface area contributed by atoms with E-state index in [1.165, 1.54) is 29.6 Å². The van der Waals surface area contributed by atoms with Crippen LogP contribution in [0.5, 0.6) is 11.5 Å². The van der Waals surface area contributed by atoms with Crippen LogP contribution in [0.25, 0.3) is 0 Å². The first-order valence-electron chi connectivity index (χ1n) is 8.95. The van der Waals surface area contributed by atoms with Crippen molar-refractivity contribution in [3.63, 3.8) is 0 Å². The Bertz CT molecular complexity index is 1030. The molecule has 1 aliphatic heterocycles. The van der Waals surface area contributed by atoms with Crippen LogP contribution in [-0.4, -0.2) is 58.7 Å². The second-order valence-electron chi connectivity index (χ2n) is 6.29. The third-order valence-corrected chi connectivity index (χ3v) is 6.75. The number of hydrogen-bond acceptors (Lipinski definition) is 6. The van der Waals surface area contributed by atoms with Crippen molar-refractivity contribution in [1.29, 1.82) is 0 Å². The van der Waals surface area contributed by atoms with Gasteiger partial charge >= 0.3 is 0 Å². The summed E-state index contributed by atoms with van der Waals surface area (Å²) >= 11 is 11.9. The molecule has 0 atom stereocenters. The number of carbonyl (C=O) groups excluding carboxylic acids is 1.